The molecule has 5 heteroatoms. The maximum absolute atomic E-state index is 11.5. The van der Waals surface area contributed by atoms with Crippen LogP contribution in [0.1, 0.15) is 32.2 Å². The average Bonchev–Trinajstić information content (AvgIpc) is 2.70. The van der Waals surface area contributed by atoms with Crippen LogP contribution in [0.5, 0.6) is 0 Å². The van der Waals surface area contributed by atoms with Gasteiger partial charge < -0.3 is 4.74 Å². The Bertz CT molecular complexity index is 365. The number of aryl methyl sites for hydroxylation is 1. The van der Waals surface area contributed by atoms with Gasteiger partial charge >= 0.3 is 6.09 Å². The third kappa shape index (κ3) is 4.73. The normalized spacial score (nSPS) is 14.1. The Hall–Kier alpha value is -1.10. The molecule has 4 nitrogen and oxygen atoms in total. The van der Waals surface area contributed by atoms with Crippen LogP contribution in [0.4, 0.5) is 10.6 Å². The van der Waals surface area contributed by atoms with E-state index in [0.29, 0.717) is 24.3 Å². The number of nitrogens with zero attached hydrogens (tertiary/aromatic N) is 1. The zero-order chi connectivity index (χ0) is 12.8. The summed E-state index contributed by atoms with van der Waals surface area (Å²) in [6.07, 6.45) is 0.669. The largest absolute Gasteiger partial charge is 0.449 e. The standard InChI is InChI=1S/C12H20N2O2S/c1-5-8(2)9(3)6-16-12(15)14-11-7-17-10(4)13-11/h7-9H,5-6H2,1-4H3,(H,14,15). The van der Waals surface area contributed by atoms with Gasteiger partial charge in [-0.3, -0.25) is 5.32 Å². The first-order valence-corrected chi connectivity index (χ1v) is 6.76. The van der Waals surface area contributed by atoms with Gasteiger partial charge in [0.2, 0.25) is 0 Å². The lowest BCUT2D eigenvalue weighted by Crippen LogP contribution is -2.20. The minimum atomic E-state index is -0.426. The fourth-order valence-electron chi connectivity index (χ4n) is 1.34. The highest BCUT2D eigenvalue weighted by Crippen LogP contribution is 2.16. The number of hydrogen-bond donors (Lipinski definition) is 1. The molecule has 0 radical (unpaired) electrons. The smallest absolute Gasteiger partial charge is 0.412 e. The van der Waals surface area contributed by atoms with E-state index in [-0.39, 0.29) is 0 Å². The molecule has 0 saturated heterocycles. The van der Waals surface area contributed by atoms with Gasteiger partial charge in [-0.15, -0.1) is 11.3 Å². The molecule has 1 aromatic rings. The molecule has 2 atom stereocenters. The second-order valence-electron chi connectivity index (χ2n) is 4.34. The lowest BCUT2D eigenvalue weighted by atomic mass is 9.95. The molecule has 1 amide bonds. The molecule has 0 bridgehead atoms. The van der Waals surface area contributed by atoms with Crippen LogP contribution in [-0.2, 0) is 4.74 Å². The number of nitrogens with one attached hydrogen (secondary N) is 1. The molecular weight excluding hydrogens is 236 g/mol. The summed E-state index contributed by atoms with van der Waals surface area (Å²) in [7, 11) is 0. The van der Waals surface area contributed by atoms with Gasteiger partial charge in [-0.1, -0.05) is 27.2 Å². The predicted octanol–water partition coefficient (Wildman–Crippen LogP) is 3.68. The first-order valence-electron chi connectivity index (χ1n) is 5.88. The quantitative estimate of drug-likeness (QED) is 0.874. The van der Waals surface area contributed by atoms with E-state index >= 15 is 0 Å². The van der Waals surface area contributed by atoms with Crippen LogP contribution in [0, 0.1) is 18.8 Å². The summed E-state index contributed by atoms with van der Waals surface area (Å²) < 4.78 is 5.15. The van der Waals surface area contributed by atoms with Gasteiger partial charge in [0.1, 0.15) is 5.82 Å². The molecule has 1 heterocycles. The second kappa shape index (κ2) is 6.59. The summed E-state index contributed by atoms with van der Waals surface area (Å²) in [6, 6.07) is 0. The van der Waals surface area contributed by atoms with Crippen LogP contribution >= 0.6 is 11.3 Å². The van der Waals surface area contributed by atoms with E-state index in [1.54, 1.807) is 5.38 Å². The molecule has 1 aromatic heterocycles. The Balaban J connectivity index is 2.30. The molecule has 2 unspecified atom stereocenters. The Kier molecular flexibility index (Phi) is 5.41. The topological polar surface area (TPSA) is 51.2 Å². The molecule has 0 aliphatic rings. The summed E-state index contributed by atoms with van der Waals surface area (Å²) in [4.78, 5) is 15.6. The zero-order valence-corrected chi connectivity index (χ0v) is 11.6. The number of thiazole rings is 1. The van der Waals surface area contributed by atoms with E-state index < -0.39 is 6.09 Å². The minimum Gasteiger partial charge on any atom is -0.449 e. The van der Waals surface area contributed by atoms with Crippen molar-refractivity contribution in [2.24, 2.45) is 11.8 Å². The maximum Gasteiger partial charge on any atom is 0.412 e. The van der Waals surface area contributed by atoms with E-state index in [2.05, 4.69) is 31.1 Å². The van der Waals surface area contributed by atoms with E-state index in [1.165, 1.54) is 11.3 Å². The zero-order valence-electron chi connectivity index (χ0n) is 10.8. The Labute approximate surface area is 106 Å². The van der Waals surface area contributed by atoms with Crippen molar-refractivity contribution in [3.05, 3.63) is 10.4 Å². The monoisotopic (exact) mass is 256 g/mol. The van der Waals surface area contributed by atoms with E-state index in [0.717, 1.165) is 11.4 Å². The van der Waals surface area contributed by atoms with Gasteiger partial charge in [-0.2, -0.15) is 0 Å². The highest BCUT2D eigenvalue weighted by atomic mass is 32.1. The SMILES string of the molecule is CCC(C)C(C)COC(=O)Nc1csc(C)n1. The van der Waals surface area contributed by atoms with Crippen LogP contribution < -0.4 is 5.32 Å². The highest BCUT2D eigenvalue weighted by molar-refractivity contribution is 7.09. The molecule has 17 heavy (non-hydrogen) atoms. The first-order chi connectivity index (χ1) is 8.02. The molecule has 0 saturated carbocycles. The van der Waals surface area contributed by atoms with E-state index in [4.69, 9.17) is 4.74 Å². The molecule has 0 spiro atoms. The van der Waals surface area contributed by atoms with Crippen molar-refractivity contribution in [2.45, 2.75) is 34.1 Å². The van der Waals surface area contributed by atoms with Crippen molar-refractivity contribution in [1.29, 1.82) is 0 Å². The molecule has 0 fully saturated rings. The molecule has 0 aromatic carbocycles. The van der Waals surface area contributed by atoms with Gasteiger partial charge in [0.15, 0.2) is 0 Å². The Morgan fingerprint density at radius 2 is 2.24 bits per heavy atom. The second-order valence-corrected chi connectivity index (χ2v) is 5.40. The predicted molar refractivity (Wildman–Crippen MR) is 70.4 cm³/mol. The van der Waals surface area contributed by atoms with E-state index in [1.807, 2.05) is 6.92 Å². The summed E-state index contributed by atoms with van der Waals surface area (Å²) in [6.45, 7) is 8.74. The number of carbonyl (C=O) groups excluding carboxylic acids is 1. The van der Waals surface area contributed by atoms with Crippen molar-refractivity contribution < 1.29 is 9.53 Å². The lowest BCUT2D eigenvalue weighted by Gasteiger charge is -2.17. The first kappa shape index (κ1) is 14.0. The number of aromatic nitrogens is 1. The number of ether oxygens (including phenoxy) is 1. The van der Waals surface area contributed by atoms with Crippen molar-refractivity contribution in [1.82, 2.24) is 4.98 Å². The van der Waals surface area contributed by atoms with Crippen LogP contribution in [0.3, 0.4) is 0 Å². The minimum absolute atomic E-state index is 0.378. The van der Waals surface area contributed by atoms with Crippen LogP contribution in [0.15, 0.2) is 5.38 Å². The molecular formula is C12H20N2O2S. The molecule has 1 rings (SSSR count). The van der Waals surface area contributed by atoms with E-state index in [9.17, 15) is 4.79 Å². The average molecular weight is 256 g/mol. The molecule has 0 aliphatic carbocycles. The lowest BCUT2D eigenvalue weighted by molar-refractivity contribution is 0.129. The summed E-state index contributed by atoms with van der Waals surface area (Å²) in [5.74, 6) is 1.50. The molecule has 1 N–H and O–H groups in total. The van der Waals surface area contributed by atoms with Gasteiger partial charge in [0.25, 0.3) is 0 Å². The van der Waals surface area contributed by atoms with Crippen molar-refractivity contribution >= 4 is 23.2 Å². The van der Waals surface area contributed by atoms with Gasteiger partial charge in [0.05, 0.1) is 11.6 Å². The fourth-order valence-corrected chi connectivity index (χ4v) is 1.88. The van der Waals surface area contributed by atoms with Gasteiger partial charge in [-0.05, 0) is 18.8 Å². The van der Waals surface area contributed by atoms with Crippen molar-refractivity contribution in [3.8, 4) is 0 Å². The maximum atomic E-state index is 11.5. The number of carbonyl (C=O) groups is 1. The number of amides is 1. The number of anilines is 1. The molecule has 96 valence electrons. The Morgan fingerprint density at radius 3 is 2.76 bits per heavy atom. The molecule has 0 aliphatic heterocycles. The summed E-state index contributed by atoms with van der Waals surface area (Å²) >= 11 is 1.50. The fraction of sp³-hybridized carbons (Fsp3) is 0.667. The van der Waals surface area contributed by atoms with Crippen molar-refractivity contribution in [3.63, 3.8) is 0 Å². The van der Waals surface area contributed by atoms with Crippen LogP contribution in [0.25, 0.3) is 0 Å². The van der Waals surface area contributed by atoms with Crippen molar-refractivity contribution in [2.75, 3.05) is 11.9 Å². The Morgan fingerprint density at radius 1 is 1.53 bits per heavy atom. The summed E-state index contributed by atoms with van der Waals surface area (Å²) in [5, 5.41) is 5.34. The highest BCUT2D eigenvalue weighted by Gasteiger charge is 2.13. The third-order valence-corrected chi connectivity index (χ3v) is 3.72. The van der Waals surface area contributed by atoms with Crippen LogP contribution in [-0.4, -0.2) is 17.7 Å². The third-order valence-electron chi connectivity index (χ3n) is 2.94. The van der Waals surface area contributed by atoms with Gasteiger partial charge in [-0.25, -0.2) is 9.78 Å². The summed E-state index contributed by atoms with van der Waals surface area (Å²) in [5.41, 5.74) is 0. The number of rotatable bonds is 5. The van der Waals surface area contributed by atoms with Crippen LogP contribution in [0.2, 0.25) is 0 Å². The van der Waals surface area contributed by atoms with Gasteiger partial charge in [0, 0.05) is 5.38 Å². The number of hydrogen-bond acceptors (Lipinski definition) is 4.